The van der Waals surface area contributed by atoms with E-state index in [4.69, 9.17) is 9.52 Å². The van der Waals surface area contributed by atoms with E-state index in [1.54, 1.807) is 12.3 Å². The van der Waals surface area contributed by atoms with Crippen molar-refractivity contribution in [3.8, 4) is 0 Å². The highest BCUT2D eigenvalue weighted by Gasteiger charge is 2.14. The lowest BCUT2D eigenvalue weighted by atomic mass is 9.86. The van der Waals surface area contributed by atoms with Gasteiger partial charge in [0, 0.05) is 11.6 Å². The van der Waals surface area contributed by atoms with E-state index < -0.39 is 5.97 Å². The van der Waals surface area contributed by atoms with Crippen LogP contribution in [0.3, 0.4) is 0 Å². The second-order valence-corrected chi connectivity index (χ2v) is 6.08. The standard InChI is InChI=1S/C19H20O3/c1-19(2,3)15-11-9-14(10-12-15)16(6-4-8-18(20)21)17-7-5-13-22-17/h4-13H,1-3H3,(H,20,21)/b8-4+,16-6-. The molecule has 0 unspecified atom stereocenters. The van der Waals surface area contributed by atoms with Crippen LogP contribution in [0.1, 0.15) is 37.7 Å². The lowest BCUT2D eigenvalue weighted by Crippen LogP contribution is -2.10. The molecule has 0 saturated heterocycles. The molecule has 1 aromatic carbocycles. The summed E-state index contributed by atoms with van der Waals surface area (Å²) in [6.45, 7) is 6.50. The average Bonchev–Trinajstić information content (AvgIpc) is 2.96. The molecule has 1 heterocycles. The molecule has 0 aliphatic rings. The summed E-state index contributed by atoms with van der Waals surface area (Å²) in [7, 11) is 0. The van der Waals surface area contributed by atoms with Crippen molar-refractivity contribution < 1.29 is 14.3 Å². The zero-order valence-electron chi connectivity index (χ0n) is 13.0. The molecule has 0 radical (unpaired) electrons. The fourth-order valence-corrected chi connectivity index (χ4v) is 2.13. The van der Waals surface area contributed by atoms with Gasteiger partial charge in [-0.1, -0.05) is 57.2 Å². The summed E-state index contributed by atoms with van der Waals surface area (Å²) in [4.78, 5) is 10.6. The number of benzene rings is 1. The summed E-state index contributed by atoms with van der Waals surface area (Å²) in [6.07, 6.45) is 5.97. The van der Waals surface area contributed by atoms with E-state index in [9.17, 15) is 4.79 Å². The SMILES string of the molecule is CC(C)(C)c1ccc(/C(=C/C=C/C(=O)O)c2ccco2)cc1. The Morgan fingerprint density at radius 3 is 2.32 bits per heavy atom. The smallest absolute Gasteiger partial charge is 0.328 e. The highest BCUT2D eigenvalue weighted by Crippen LogP contribution is 2.27. The molecule has 2 aromatic rings. The van der Waals surface area contributed by atoms with Gasteiger partial charge in [-0.05, 0) is 28.7 Å². The summed E-state index contributed by atoms with van der Waals surface area (Å²) in [5.41, 5.74) is 3.17. The summed E-state index contributed by atoms with van der Waals surface area (Å²) in [5.74, 6) is -0.267. The van der Waals surface area contributed by atoms with Crippen LogP contribution in [0, 0.1) is 0 Å². The Bertz CT molecular complexity index is 681. The van der Waals surface area contributed by atoms with Crippen LogP contribution in [0.2, 0.25) is 0 Å². The minimum Gasteiger partial charge on any atom is -0.478 e. The fourth-order valence-electron chi connectivity index (χ4n) is 2.13. The summed E-state index contributed by atoms with van der Waals surface area (Å²) >= 11 is 0. The van der Waals surface area contributed by atoms with E-state index in [1.807, 2.05) is 24.3 Å². The predicted molar refractivity (Wildman–Crippen MR) is 87.7 cm³/mol. The lowest BCUT2D eigenvalue weighted by Gasteiger charge is -2.19. The van der Waals surface area contributed by atoms with Gasteiger partial charge >= 0.3 is 5.97 Å². The number of carbonyl (C=O) groups is 1. The van der Waals surface area contributed by atoms with Gasteiger partial charge in [-0.2, -0.15) is 0 Å². The van der Waals surface area contributed by atoms with Gasteiger partial charge in [0.05, 0.1) is 6.26 Å². The van der Waals surface area contributed by atoms with Gasteiger partial charge in [-0.3, -0.25) is 0 Å². The maximum atomic E-state index is 10.6. The third kappa shape index (κ3) is 3.98. The monoisotopic (exact) mass is 296 g/mol. The number of allylic oxidation sites excluding steroid dienone is 2. The van der Waals surface area contributed by atoms with Crippen LogP contribution in [-0.4, -0.2) is 11.1 Å². The normalized spacial score (nSPS) is 12.8. The first-order valence-electron chi connectivity index (χ1n) is 7.14. The Balaban J connectivity index is 2.40. The number of carboxylic acids is 1. The molecular weight excluding hydrogens is 276 g/mol. The minimum absolute atomic E-state index is 0.0936. The molecular formula is C19H20O3. The Hall–Kier alpha value is -2.55. The Morgan fingerprint density at radius 2 is 1.82 bits per heavy atom. The fraction of sp³-hybridized carbons (Fsp3) is 0.211. The first-order chi connectivity index (χ1) is 10.4. The van der Waals surface area contributed by atoms with Gasteiger partial charge in [0.2, 0.25) is 0 Å². The molecule has 0 atom stereocenters. The van der Waals surface area contributed by atoms with Crippen LogP contribution in [0.15, 0.2) is 65.3 Å². The second kappa shape index (κ2) is 6.48. The first-order valence-corrected chi connectivity index (χ1v) is 7.14. The quantitative estimate of drug-likeness (QED) is 0.660. The van der Waals surface area contributed by atoms with Crippen LogP contribution in [0.25, 0.3) is 5.57 Å². The summed E-state index contributed by atoms with van der Waals surface area (Å²) in [6, 6.07) is 11.9. The summed E-state index contributed by atoms with van der Waals surface area (Å²) in [5, 5.41) is 8.71. The zero-order valence-corrected chi connectivity index (χ0v) is 13.0. The second-order valence-electron chi connectivity index (χ2n) is 6.08. The molecule has 2 rings (SSSR count). The molecule has 22 heavy (non-hydrogen) atoms. The van der Waals surface area contributed by atoms with Gasteiger partial charge in [-0.15, -0.1) is 0 Å². The number of aliphatic carboxylic acids is 1. The molecule has 0 aliphatic heterocycles. The van der Waals surface area contributed by atoms with Crippen LogP contribution in [0.5, 0.6) is 0 Å². The molecule has 0 fully saturated rings. The first kappa shape index (κ1) is 15.8. The molecule has 3 nitrogen and oxygen atoms in total. The van der Waals surface area contributed by atoms with Crippen molar-refractivity contribution in [2.24, 2.45) is 0 Å². The van der Waals surface area contributed by atoms with Gasteiger partial charge in [0.15, 0.2) is 0 Å². The zero-order chi connectivity index (χ0) is 16.2. The number of carboxylic acid groups (broad SMARTS) is 1. The summed E-state index contributed by atoms with van der Waals surface area (Å²) < 4.78 is 5.46. The molecule has 1 N–H and O–H groups in total. The van der Waals surface area contributed by atoms with Crippen LogP contribution < -0.4 is 0 Å². The van der Waals surface area contributed by atoms with Crippen molar-refractivity contribution >= 4 is 11.5 Å². The van der Waals surface area contributed by atoms with Crippen molar-refractivity contribution in [2.75, 3.05) is 0 Å². The Labute approximate surface area is 130 Å². The molecule has 0 bridgehead atoms. The van der Waals surface area contributed by atoms with Crippen molar-refractivity contribution in [3.63, 3.8) is 0 Å². The van der Waals surface area contributed by atoms with Crippen LogP contribution >= 0.6 is 0 Å². The molecule has 1 aromatic heterocycles. The van der Waals surface area contributed by atoms with Crippen molar-refractivity contribution in [1.29, 1.82) is 0 Å². The average molecular weight is 296 g/mol. The molecule has 0 spiro atoms. The maximum absolute atomic E-state index is 10.6. The van der Waals surface area contributed by atoms with E-state index >= 15 is 0 Å². The predicted octanol–water partition coefficient (Wildman–Crippen LogP) is 4.65. The Morgan fingerprint density at radius 1 is 1.14 bits per heavy atom. The highest BCUT2D eigenvalue weighted by molar-refractivity contribution is 5.82. The Kier molecular flexibility index (Phi) is 4.66. The van der Waals surface area contributed by atoms with E-state index in [-0.39, 0.29) is 5.41 Å². The molecule has 3 heteroatoms. The van der Waals surface area contributed by atoms with E-state index in [2.05, 4.69) is 32.9 Å². The van der Waals surface area contributed by atoms with Crippen molar-refractivity contribution in [2.45, 2.75) is 26.2 Å². The van der Waals surface area contributed by atoms with E-state index in [0.717, 1.165) is 17.2 Å². The number of rotatable bonds is 4. The van der Waals surface area contributed by atoms with Crippen molar-refractivity contribution in [3.05, 3.63) is 77.8 Å². The van der Waals surface area contributed by atoms with Crippen LogP contribution in [-0.2, 0) is 10.2 Å². The van der Waals surface area contributed by atoms with Crippen molar-refractivity contribution in [1.82, 2.24) is 0 Å². The number of hydrogen-bond donors (Lipinski definition) is 1. The minimum atomic E-state index is -0.974. The third-order valence-electron chi connectivity index (χ3n) is 3.35. The maximum Gasteiger partial charge on any atom is 0.328 e. The van der Waals surface area contributed by atoms with E-state index in [0.29, 0.717) is 5.76 Å². The molecule has 0 amide bonds. The van der Waals surface area contributed by atoms with Gasteiger partial charge in [0.1, 0.15) is 5.76 Å². The topological polar surface area (TPSA) is 50.4 Å². The van der Waals surface area contributed by atoms with Gasteiger partial charge in [-0.25, -0.2) is 4.79 Å². The number of furan rings is 1. The third-order valence-corrected chi connectivity index (χ3v) is 3.35. The van der Waals surface area contributed by atoms with Gasteiger partial charge < -0.3 is 9.52 Å². The van der Waals surface area contributed by atoms with Gasteiger partial charge in [0.25, 0.3) is 0 Å². The number of hydrogen-bond acceptors (Lipinski definition) is 2. The molecule has 114 valence electrons. The lowest BCUT2D eigenvalue weighted by molar-refractivity contribution is -0.131. The molecule has 0 aliphatic carbocycles. The largest absolute Gasteiger partial charge is 0.478 e. The highest BCUT2D eigenvalue weighted by atomic mass is 16.4. The van der Waals surface area contributed by atoms with E-state index in [1.165, 1.54) is 11.6 Å². The molecule has 0 saturated carbocycles. The van der Waals surface area contributed by atoms with Crippen LogP contribution in [0.4, 0.5) is 0 Å².